The van der Waals surface area contributed by atoms with E-state index < -0.39 is 12.1 Å². The van der Waals surface area contributed by atoms with Gasteiger partial charge in [0.05, 0.1) is 13.0 Å². The molecule has 5 nitrogen and oxygen atoms in total. The lowest BCUT2D eigenvalue weighted by Gasteiger charge is -2.55. The molecule has 0 radical (unpaired) electrons. The highest BCUT2D eigenvalue weighted by Gasteiger charge is 2.54. The van der Waals surface area contributed by atoms with E-state index in [0.29, 0.717) is 11.5 Å². The zero-order valence-corrected chi connectivity index (χ0v) is 10.4. The monoisotopic (exact) mass is 283 g/mol. The summed E-state index contributed by atoms with van der Waals surface area (Å²) in [5.41, 5.74) is 6.14. The van der Waals surface area contributed by atoms with Crippen LogP contribution in [0.2, 0.25) is 0 Å². The SMILES string of the molecule is COC(=O)C1CC2(CC(N)C2)C1.O=C(O)C(F)(F)F. The number of ether oxygens (including phenoxy) is 1. The molecular formula is C11H16F3NO4. The predicted molar refractivity (Wildman–Crippen MR) is 58.1 cm³/mol. The third-order valence-electron chi connectivity index (χ3n) is 3.53. The summed E-state index contributed by atoms with van der Waals surface area (Å²) >= 11 is 0. The third-order valence-corrected chi connectivity index (χ3v) is 3.53. The number of rotatable bonds is 1. The summed E-state index contributed by atoms with van der Waals surface area (Å²) in [4.78, 5) is 19.9. The molecule has 2 rings (SSSR count). The summed E-state index contributed by atoms with van der Waals surface area (Å²) in [6, 6.07) is 0.392. The Balaban J connectivity index is 0.000000224. The number of esters is 1. The Morgan fingerprint density at radius 2 is 1.68 bits per heavy atom. The topological polar surface area (TPSA) is 89.6 Å². The average Bonchev–Trinajstić information content (AvgIpc) is 2.19. The van der Waals surface area contributed by atoms with E-state index in [0.717, 1.165) is 25.7 Å². The molecule has 0 aromatic carbocycles. The van der Waals surface area contributed by atoms with Crippen LogP contribution in [0.25, 0.3) is 0 Å². The standard InChI is InChI=1S/C9H15NO2.C2HF3O2/c1-12-8(11)6-2-9(3-6)4-7(10)5-9;3-2(4,5)1(6)7/h6-7H,2-5,10H2,1H3;(H,6,7). The molecule has 2 fully saturated rings. The highest BCUT2D eigenvalue weighted by molar-refractivity contribution is 5.73. The second kappa shape index (κ2) is 5.36. The van der Waals surface area contributed by atoms with Crippen LogP contribution in [0, 0.1) is 11.3 Å². The molecule has 19 heavy (non-hydrogen) atoms. The minimum atomic E-state index is -5.08. The summed E-state index contributed by atoms with van der Waals surface area (Å²) < 4.78 is 36.4. The van der Waals surface area contributed by atoms with E-state index >= 15 is 0 Å². The number of methoxy groups -OCH3 is 1. The fourth-order valence-electron chi connectivity index (χ4n) is 2.70. The minimum absolute atomic E-state index is 0.0407. The van der Waals surface area contributed by atoms with Gasteiger partial charge in [-0.1, -0.05) is 0 Å². The molecule has 3 N–H and O–H groups in total. The van der Waals surface area contributed by atoms with Gasteiger partial charge < -0.3 is 15.6 Å². The molecule has 0 saturated heterocycles. The molecule has 0 bridgehead atoms. The quantitative estimate of drug-likeness (QED) is 0.708. The Morgan fingerprint density at radius 1 is 1.26 bits per heavy atom. The molecule has 0 aliphatic heterocycles. The van der Waals surface area contributed by atoms with E-state index in [1.165, 1.54) is 7.11 Å². The van der Waals surface area contributed by atoms with Crippen LogP contribution in [-0.4, -0.2) is 36.4 Å². The van der Waals surface area contributed by atoms with Crippen molar-refractivity contribution in [2.45, 2.75) is 37.9 Å². The first-order valence-corrected chi connectivity index (χ1v) is 5.73. The van der Waals surface area contributed by atoms with Crippen LogP contribution in [0.3, 0.4) is 0 Å². The van der Waals surface area contributed by atoms with E-state index in [2.05, 4.69) is 4.74 Å². The van der Waals surface area contributed by atoms with Crippen LogP contribution >= 0.6 is 0 Å². The second-order valence-electron chi connectivity index (χ2n) is 5.10. The Hall–Kier alpha value is -1.31. The summed E-state index contributed by atoms with van der Waals surface area (Å²) in [5, 5.41) is 7.12. The lowest BCUT2D eigenvalue weighted by Crippen LogP contribution is -2.54. The maximum absolute atomic E-state index is 11.0. The van der Waals surface area contributed by atoms with Gasteiger partial charge in [0.15, 0.2) is 0 Å². The van der Waals surface area contributed by atoms with Crippen molar-refractivity contribution >= 4 is 11.9 Å². The van der Waals surface area contributed by atoms with Crippen molar-refractivity contribution in [3.05, 3.63) is 0 Å². The molecule has 2 aliphatic rings. The van der Waals surface area contributed by atoms with Gasteiger partial charge >= 0.3 is 18.1 Å². The van der Waals surface area contributed by atoms with Gasteiger partial charge in [-0.05, 0) is 31.1 Å². The molecule has 0 aromatic rings. The van der Waals surface area contributed by atoms with E-state index in [-0.39, 0.29) is 11.9 Å². The van der Waals surface area contributed by atoms with Crippen molar-refractivity contribution in [2.24, 2.45) is 17.1 Å². The molecule has 8 heteroatoms. The maximum atomic E-state index is 11.0. The number of carboxylic acids is 1. The fraction of sp³-hybridized carbons (Fsp3) is 0.818. The Morgan fingerprint density at radius 3 is 1.95 bits per heavy atom. The molecule has 0 unspecified atom stereocenters. The first-order valence-electron chi connectivity index (χ1n) is 5.73. The summed E-state index contributed by atoms with van der Waals surface area (Å²) in [6.45, 7) is 0. The summed E-state index contributed by atoms with van der Waals surface area (Å²) in [7, 11) is 1.46. The van der Waals surface area contributed by atoms with Gasteiger partial charge in [-0.25, -0.2) is 4.79 Å². The molecule has 110 valence electrons. The van der Waals surface area contributed by atoms with Crippen LogP contribution < -0.4 is 5.73 Å². The number of alkyl halides is 3. The number of carboxylic acid groups (broad SMARTS) is 1. The number of nitrogens with two attached hydrogens (primary N) is 1. The molecule has 0 amide bonds. The van der Waals surface area contributed by atoms with Crippen LogP contribution in [0.5, 0.6) is 0 Å². The van der Waals surface area contributed by atoms with Crippen LogP contribution in [0.15, 0.2) is 0 Å². The number of carbonyl (C=O) groups is 2. The third kappa shape index (κ3) is 3.82. The Bertz CT molecular complexity index is 355. The average molecular weight is 283 g/mol. The highest BCUT2D eigenvalue weighted by atomic mass is 19.4. The van der Waals surface area contributed by atoms with Gasteiger partial charge in [-0.15, -0.1) is 0 Å². The molecule has 0 atom stereocenters. The van der Waals surface area contributed by atoms with Crippen molar-refractivity contribution in [3.8, 4) is 0 Å². The van der Waals surface area contributed by atoms with Crippen molar-refractivity contribution in [3.63, 3.8) is 0 Å². The molecule has 0 heterocycles. The van der Waals surface area contributed by atoms with Crippen LogP contribution in [0.1, 0.15) is 25.7 Å². The lowest BCUT2D eigenvalue weighted by molar-refractivity contribution is -0.192. The van der Waals surface area contributed by atoms with Crippen molar-refractivity contribution < 1.29 is 32.6 Å². The van der Waals surface area contributed by atoms with E-state index in [1.807, 2.05) is 0 Å². The van der Waals surface area contributed by atoms with Gasteiger partial charge in [0.2, 0.25) is 0 Å². The van der Waals surface area contributed by atoms with Gasteiger partial charge in [-0.2, -0.15) is 13.2 Å². The summed E-state index contributed by atoms with van der Waals surface area (Å²) in [6.07, 6.45) is -0.846. The number of hydrogen-bond donors (Lipinski definition) is 2. The Kier molecular flexibility index (Phi) is 4.44. The van der Waals surface area contributed by atoms with Gasteiger partial charge in [-0.3, -0.25) is 4.79 Å². The highest BCUT2D eigenvalue weighted by Crippen LogP contribution is 2.58. The second-order valence-corrected chi connectivity index (χ2v) is 5.10. The Labute approximate surface area is 107 Å². The van der Waals surface area contributed by atoms with Gasteiger partial charge in [0, 0.05) is 6.04 Å². The first kappa shape index (κ1) is 15.7. The zero-order chi connectivity index (χ0) is 14.8. The smallest absolute Gasteiger partial charge is 0.475 e. The summed E-state index contributed by atoms with van der Waals surface area (Å²) in [5.74, 6) is -2.63. The first-order chi connectivity index (χ1) is 8.59. The predicted octanol–water partition coefficient (Wildman–Crippen LogP) is 1.31. The number of carbonyl (C=O) groups excluding carboxylic acids is 1. The van der Waals surface area contributed by atoms with Gasteiger partial charge in [0.25, 0.3) is 0 Å². The van der Waals surface area contributed by atoms with E-state index in [4.69, 9.17) is 15.6 Å². The maximum Gasteiger partial charge on any atom is 0.490 e. The van der Waals surface area contributed by atoms with Crippen molar-refractivity contribution in [1.82, 2.24) is 0 Å². The fourth-order valence-corrected chi connectivity index (χ4v) is 2.70. The molecule has 2 aliphatic carbocycles. The number of aliphatic carboxylic acids is 1. The molecule has 2 saturated carbocycles. The van der Waals surface area contributed by atoms with Crippen molar-refractivity contribution in [1.29, 1.82) is 0 Å². The van der Waals surface area contributed by atoms with Crippen molar-refractivity contribution in [2.75, 3.05) is 7.11 Å². The van der Waals surface area contributed by atoms with Crippen LogP contribution in [-0.2, 0) is 14.3 Å². The molecule has 0 aromatic heterocycles. The van der Waals surface area contributed by atoms with E-state index in [9.17, 15) is 18.0 Å². The van der Waals surface area contributed by atoms with Crippen LogP contribution in [0.4, 0.5) is 13.2 Å². The molecule has 1 spiro atoms. The number of halogens is 3. The van der Waals surface area contributed by atoms with Gasteiger partial charge in [0.1, 0.15) is 0 Å². The zero-order valence-electron chi connectivity index (χ0n) is 10.4. The lowest BCUT2D eigenvalue weighted by atomic mass is 9.50. The largest absolute Gasteiger partial charge is 0.490 e. The minimum Gasteiger partial charge on any atom is -0.475 e. The molecular weight excluding hydrogens is 267 g/mol. The van der Waals surface area contributed by atoms with E-state index in [1.54, 1.807) is 0 Å². The normalized spacial score (nSPS) is 32.5. The number of hydrogen-bond acceptors (Lipinski definition) is 4.